The average Bonchev–Trinajstić information content (AvgIpc) is 2.24. The zero-order valence-corrected chi connectivity index (χ0v) is 9.81. The van der Waals surface area contributed by atoms with Crippen molar-refractivity contribution in [3.63, 3.8) is 0 Å². The second-order valence-corrected chi connectivity index (χ2v) is 4.16. The average molecular weight is 236 g/mol. The summed E-state index contributed by atoms with van der Waals surface area (Å²) in [5.74, 6) is -1.66. The van der Waals surface area contributed by atoms with Gasteiger partial charge in [-0.05, 0) is 24.1 Å². The van der Waals surface area contributed by atoms with Crippen LogP contribution in [0.25, 0.3) is 0 Å². The third-order valence-electron chi connectivity index (χ3n) is 2.37. The third-order valence-corrected chi connectivity index (χ3v) is 2.37. The fourth-order valence-corrected chi connectivity index (χ4v) is 1.42. The molecular weight excluding hydrogens is 220 g/mol. The summed E-state index contributed by atoms with van der Waals surface area (Å²) in [7, 11) is 0. The molecule has 0 bridgehead atoms. The first-order chi connectivity index (χ1) is 7.91. The second kappa shape index (κ2) is 5.34. The lowest BCUT2D eigenvalue weighted by atomic mass is 10.0. The van der Waals surface area contributed by atoms with Gasteiger partial charge < -0.3 is 16.2 Å². The van der Waals surface area contributed by atoms with Crippen molar-refractivity contribution in [2.45, 2.75) is 19.9 Å². The van der Waals surface area contributed by atoms with Crippen molar-refractivity contribution in [3.8, 4) is 0 Å². The minimum Gasteiger partial charge on any atom is -0.480 e. The number of nitrogen functional groups attached to an aromatic ring is 1. The number of carbonyl (C=O) groups excluding carboxylic acids is 1. The standard InChI is InChI=1S/C12H16N2O3/c1-7(2)10(12(16)17)14-11(15)8-4-3-5-9(13)6-8/h3-7,10H,13H2,1-2H3,(H,14,15)(H,16,17)/t10-/m0/s1. The number of nitrogens with one attached hydrogen (secondary N) is 1. The van der Waals surface area contributed by atoms with E-state index in [0.717, 1.165) is 0 Å². The molecule has 0 unspecified atom stereocenters. The molecule has 92 valence electrons. The van der Waals surface area contributed by atoms with Gasteiger partial charge in [0.2, 0.25) is 0 Å². The molecule has 5 heteroatoms. The Morgan fingerprint density at radius 1 is 1.35 bits per heavy atom. The normalized spacial score (nSPS) is 12.2. The Balaban J connectivity index is 2.81. The van der Waals surface area contributed by atoms with Crippen LogP contribution in [0.4, 0.5) is 5.69 Å². The molecule has 1 aromatic rings. The number of rotatable bonds is 4. The van der Waals surface area contributed by atoms with E-state index >= 15 is 0 Å². The SMILES string of the molecule is CC(C)[C@H](NC(=O)c1cccc(N)c1)C(=O)O. The van der Waals surface area contributed by atoms with Gasteiger partial charge in [0.1, 0.15) is 6.04 Å². The molecule has 4 N–H and O–H groups in total. The monoisotopic (exact) mass is 236 g/mol. The summed E-state index contributed by atoms with van der Waals surface area (Å²) in [6.07, 6.45) is 0. The molecule has 0 saturated carbocycles. The van der Waals surface area contributed by atoms with Crippen molar-refractivity contribution in [2.75, 3.05) is 5.73 Å². The van der Waals surface area contributed by atoms with E-state index in [1.54, 1.807) is 32.0 Å². The van der Waals surface area contributed by atoms with E-state index in [0.29, 0.717) is 11.3 Å². The number of hydrogen-bond acceptors (Lipinski definition) is 3. The lowest BCUT2D eigenvalue weighted by Gasteiger charge is -2.17. The second-order valence-electron chi connectivity index (χ2n) is 4.16. The Bertz CT molecular complexity index is 430. The Labute approximate surface area is 99.6 Å². The molecule has 0 fully saturated rings. The first kappa shape index (κ1) is 13.0. The number of benzene rings is 1. The van der Waals surface area contributed by atoms with Crippen molar-refractivity contribution in [1.29, 1.82) is 0 Å². The lowest BCUT2D eigenvalue weighted by Crippen LogP contribution is -2.44. The van der Waals surface area contributed by atoms with E-state index in [1.165, 1.54) is 6.07 Å². The van der Waals surface area contributed by atoms with Crippen LogP contribution in [0.2, 0.25) is 0 Å². The number of carboxylic acids is 1. The molecule has 1 amide bonds. The number of anilines is 1. The van der Waals surface area contributed by atoms with Gasteiger partial charge in [-0.2, -0.15) is 0 Å². The van der Waals surface area contributed by atoms with Gasteiger partial charge in [-0.15, -0.1) is 0 Å². The van der Waals surface area contributed by atoms with Crippen molar-refractivity contribution < 1.29 is 14.7 Å². The van der Waals surface area contributed by atoms with Crippen LogP contribution in [0.15, 0.2) is 24.3 Å². The van der Waals surface area contributed by atoms with Crippen LogP contribution in [0.3, 0.4) is 0 Å². The summed E-state index contributed by atoms with van der Waals surface area (Å²) in [4.78, 5) is 22.7. The molecule has 5 nitrogen and oxygen atoms in total. The van der Waals surface area contributed by atoms with Crippen LogP contribution in [0, 0.1) is 5.92 Å². The fourth-order valence-electron chi connectivity index (χ4n) is 1.42. The number of aliphatic carboxylic acids is 1. The molecule has 0 aromatic heterocycles. The van der Waals surface area contributed by atoms with Crippen LogP contribution in [0.5, 0.6) is 0 Å². The van der Waals surface area contributed by atoms with Crippen LogP contribution in [-0.4, -0.2) is 23.0 Å². The van der Waals surface area contributed by atoms with E-state index in [2.05, 4.69) is 5.32 Å². The molecule has 17 heavy (non-hydrogen) atoms. The van der Waals surface area contributed by atoms with Gasteiger partial charge in [0, 0.05) is 11.3 Å². The van der Waals surface area contributed by atoms with Gasteiger partial charge in [0.15, 0.2) is 0 Å². The van der Waals surface area contributed by atoms with E-state index in [9.17, 15) is 9.59 Å². The zero-order valence-electron chi connectivity index (χ0n) is 9.81. The molecular formula is C12H16N2O3. The fraction of sp³-hybridized carbons (Fsp3) is 0.333. The first-order valence-corrected chi connectivity index (χ1v) is 5.31. The van der Waals surface area contributed by atoms with Crippen LogP contribution >= 0.6 is 0 Å². The quantitative estimate of drug-likeness (QED) is 0.683. The summed E-state index contributed by atoms with van der Waals surface area (Å²) in [6, 6.07) is 5.51. The number of nitrogens with two attached hydrogens (primary N) is 1. The summed E-state index contributed by atoms with van der Waals surface area (Å²) in [6.45, 7) is 3.47. The Morgan fingerprint density at radius 2 is 2.00 bits per heavy atom. The molecule has 0 heterocycles. The van der Waals surface area contributed by atoms with Gasteiger partial charge in [0.25, 0.3) is 5.91 Å². The topological polar surface area (TPSA) is 92.4 Å². The van der Waals surface area contributed by atoms with Crippen LogP contribution in [0.1, 0.15) is 24.2 Å². The van der Waals surface area contributed by atoms with E-state index in [1.807, 2.05) is 0 Å². The van der Waals surface area contributed by atoms with E-state index in [4.69, 9.17) is 10.8 Å². The highest BCUT2D eigenvalue weighted by atomic mass is 16.4. The molecule has 0 aliphatic heterocycles. The van der Waals surface area contributed by atoms with E-state index < -0.39 is 17.9 Å². The molecule has 0 aliphatic carbocycles. The molecule has 0 radical (unpaired) electrons. The zero-order chi connectivity index (χ0) is 13.0. The van der Waals surface area contributed by atoms with Crippen LogP contribution in [-0.2, 0) is 4.79 Å². The van der Waals surface area contributed by atoms with Gasteiger partial charge in [-0.25, -0.2) is 4.79 Å². The number of carboxylic acid groups (broad SMARTS) is 1. The number of hydrogen-bond donors (Lipinski definition) is 3. The first-order valence-electron chi connectivity index (χ1n) is 5.31. The van der Waals surface area contributed by atoms with Gasteiger partial charge in [0.05, 0.1) is 0 Å². The minimum atomic E-state index is -1.04. The molecule has 0 aliphatic rings. The highest BCUT2D eigenvalue weighted by Crippen LogP contribution is 2.08. The van der Waals surface area contributed by atoms with Gasteiger partial charge in [-0.1, -0.05) is 19.9 Å². The predicted molar refractivity (Wildman–Crippen MR) is 64.6 cm³/mol. The summed E-state index contributed by atoms with van der Waals surface area (Å²) < 4.78 is 0. The third kappa shape index (κ3) is 3.48. The maximum absolute atomic E-state index is 11.8. The predicted octanol–water partition coefficient (Wildman–Crippen LogP) is 1.11. The summed E-state index contributed by atoms with van der Waals surface area (Å²) in [5.41, 5.74) is 6.38. The Hall–Kier alpha value is -2.04. The van der Waals surface area contributed by atoms with Gasteiger partial charge >= 0.3 is 5.97 Å². The smallest absolute Gasteiger partial charge is 0.326 e. The summed E-state index contributed by atoms with van der Waals surface area (Å²) in [5, 5.41) is 11.4. The largest absolute Gasteiger partial charge is 0.480 e. The number of amides is 1. The van der Waals surface area contributed by atoms with Crippen LogP contribution < -0.4 is 11.1 Å². The van der Waals surface area contributed by atoms with Crippen molar-refractivity contribution in [2.24, 2.45) is 5.92 Å². The Morgan fingerprint density at radius 3 is 2.47 bits per heavy atom. The Kier molecular flexibility index (Phi) is 4.09. The van der Waals surface area contributed by atoms with E-state index in [-0.39, 0.29) is 5.92 Å². The molecule has 1 aromatic carbocycles. The van der Waals surface area contributed by atoms with Crippen molar-refractivity contribution in [3.05, 3.63) is 29.8 Å². The molecule has 1 rings (SSSR count). The summed E-state index contributed by atoms with van der Waals surface area (Å²) >= 11 is 0. The lowest BCUT2D eigenvalue weighted by molar-refractivity contribution is -0.140. The molecule has 1 atom stereocenters. The maximum Gasteiger partial charge on any atom is 0.326 e. The molecule has 0 spiro atoms. The van der Waals surface area contributed by atoms with Gasteiger partial charge in [-0.3, -0.25) is 4.79 Å². The van der Waals surface area contributed by atoms with Crippen molar-refractivity contribution in [1.82, 2.24) is 5.32 Å². The minimum absolute atomic E-state index is 0.183. The molecule has 0 saturated heterocycles. The van der Waals surface area contributed by atoms with Crippen molar-refractivity contribution >= 4 is 17.6 Å². The highest BCUT2D eigenvalue weighted by molar-refractivity contribution is 5.97. The number of carbonyl (C=O) groups is 2. The maximum atomic E-state index is 11.8. The highest BCUT2D eigenvalue weighted by Gasteiger charge is 2.23.